The lowest BCUT2D eigenvalue weighted by Gasteiger charge is -2.25. The molecule has 1 saturated carbocycles. The van der Waals surface area contributed by atoms with E-state index in [2.05, 4.69) is 10.3 Å². The number of rotatable bonds is 3. The maximum atomic E-state index is 12.4. The van der Waals surface area contributed by atoms with Crippen molar-refractivity contribution in [2.24, 2.45) is 11.8 Å². The van der Waals surface area contributed by atoms with Crippen LogP contribution in [0.5, 0.6) is 0 Å². The van der Waals surface area contributed by atoms with Crippen molar-refractivity contribution in [3.05, 3.63) is 23.5 Å². The number of carbonyl (C=O) groups excluding carboxylic acids is 1. The Morgan fingerprint density at radius 1 is 1.43 bits per heavy atom. The van der Waals surface area contributed by atoms with E-state index in [-0.39, 0.29) is 11.9 Å². The molecule has 1 aliphatic carbocycles. The minimum Gasteiger partial charge on any atom is -0.465 e. The lowest BCUT2D eigenvalue weighted by molar-refractivity contribution is 0.0920. The fraction of sp³-hybridized carbons (Fsp3) is 0.533. The Morgan fingerprint density at radius 3 is 3.13 bits per heavy atom. The third-order valence-corrected chi connectivity index (χ3v) is 5.91. The Kier molecular flexibility index (Phi) is 3.48. The Hall–Kier alpha value is -2.09. The van der Waals surface area contributed by atoms with Gasteiger partial charge in [-0.15, -0.1) is 11.3 Å². The van der Waals surface area contributed by atoms with Crippen molar-refractivity contribution >= 4 is 28.3 Å². The van der Waals surface area contributed by atoms with Gasteiger partial charge in [-0.25, -0.2) is 9.78 Å². The molecule has 2 amide bonds. The standard InChI is InChI=1S/C15H18N4O3S/c20-13(12-7-17-14-18(12)4-5-23-14)16-6-11-10-3-1-2-9(10)8-19(11)15(21)22/h4-5,7,9-11H,1-3,6,8H2,(H,16,20)(H,21,22)/t9-,10-,11+/m0/s1. The Bertz CT molecular complexity index is 755. The zero-order chi connectivity index (χ0) is 16.0. The van der Waals surface area contributed by atoms with Gasteiger partial charge in [-0.05, 0) is 24.7 Å². The molecule has 0 aromatic carbocycles. The lowest BCUT2D eigenvalue weighted by atomic mass is 9.94. The predicted molar refractivity (Wildman–Crippen MR) is 84.8 cm³/mol. The molecule has 7 nitrogen and oxygen atoms in total. The van der Waals surface area contributed by atoms with Gasteiger partial charge in [0.2, 0.25) is 0 Å². The quantitative estimate of drug-likeness (QED) is 0.897. The molecular formula is C15H18N4O3S. The summed E-state index contributed by atoms with van der Waals surface area (Å²) in [4.78, 5) is 30.3. The summed E-state index contributed by atoms with van der Waals surface area (Å²) in [5.74, 6) is 0.618. The summed E-state index contributed by atoms with van der Waals surface area (Å²) in [6, 6.07) is -0.116. The predicted octanol–water partition coefficient (Wildman–Crippen LogP) is 1.90. The number of imidazole rings is 1. The zero-order valence-corrected chi connectivity index (χ0v) is 13.3. The Labute approximate surface area is 136 Å². The van der Waals surface area contributed by atoms with Crippen LogP contribution in [0, 0.1) is 11.8 Å². The number of amides is 2. The molecule has 8 heteroatoms. The van der Waals surface area contributed by atoms with E-state index in [0.29, 0.717) is 30.6 Å². The second-order valence-electron chi connectivity index (χ2n) is 6.27. The van der Waals surface area contributed by atoms with Gasteiger partial charge in [-0.2, -0.15) is 0 Å². The summed E-state index contributed by atoms with van der Waals surface area (Å²) in [6.07, 6.45) is 5.79. The number of thiazole rings is 1. The summed E-state index contributed by atoms with van der Waals surface area (Å²) in [5.41, 5.74) is 0.490. The van der Waals surface area contributed by atoms with Crippen molar-refractivity contribution in [3.63, 3.8) is 0 Å². The molecule has 0 spiro atoms. The molecular weight excluding hydrogens is 316 g/mol. The van der Waals surface area contributed by atoms with E-state index in [0.717, 1.165) is 24.2 Å². The van der Waals surface area contributed by atoms with Crippen LogP contribution in [0.15, 0.2) is 17.8 Å². The van der Waals surface area contributed by atoms with Crippen molar-refractivity contribution < 1.29 is 14.7 Å². The minimum absolute atomic E-state index is 0.116. The van der Waals surface area contributed by atoms with E-state index < -0.39 is 6.09 Å². The van der Waals surface area contributed by atoms with Gasteiger partial charge < -0.3 is 15.3 Å². The van der Waals surface area contributed by atoms with Crippen LogP contribution in [-0.4, -0.2) is 50.5 Å². The number of carboxylic acid groups (broad SMARTS) is 1. The van der Waals surface area contributed by atoms with Crippen LogP contribution in [0.4, 0.5) is 4.79 Å². The van der Waals surface area contributed by atoms with Crippen LogP contribution in [-0.2, 0) is 0 Å². The van der Waals surface area contributed by atoms with Crippen molar-refractivity contribution in [1.82, 2.24) is 19.6 Å². The van der Waals surface area contributed by atoms with E-state index in [1.165, 1.54) is 16.2 Å². The fourth-order valence-corrected chi connectivity index (χ4v) is 4.77. The number of nitrogens with one attached hydrogen (secondary N) is 1. The smallest absolute Gasteiger partial charge is 0.407 e. The minimum atomic E-state index is -0.886. The number of carbonyl (C=O) groups is 2. The molecule has 1 saturated heterocycles. The van der Waals surface area contributed by atoms with Crippen molar-refractivity contribution in [2.45, 2.75) is 25.3 Å². The highest BCUT2D eigenvalue weighted by Crippen LogP contribution is 2.41. The number of fused-ring (bicyclic) bond motifs is 2. The maximum Gasteiger partial charge on any atom is 0.407 e. The average Bonchev–Trinajstić information content (AvgIpc) is 3.24. The van der Waals surface area contributed by atoms with Crippen LogP contribution >= 0.6 is 11.3 Å². The first-order chi connectivity index (χ1) is 11.1. The largest absolute Gasteiger partial charge is 0.465 e. The van der Waals surface area contributed by atoms with E-state index in [9.17, 15) is 14.7 Å². The van der Waals surface area contributed by atoms with Gasteiger partial charge in [0.1, 0.15) is 5.69 Å². The normalized spacial score (nSPS) is 26.6. The first-order valence-corrected chi connectivity index (χ1v) is 8.71. The van der Waals surface area contributed by atoms with Crippen molar-refractivity contribution in [1.29, 1.82) is 0 Å². The van der Waals surface area contributed by atoms with Gasteiger partial charge in [0.15, 0.2) is 4.96 Å². The maximum absolute atomic E-state index is 12.4. The molecule has 0 radical (unpaired) electrons. The highest BCUT2D eigenvalue weighted by Gasteiger charge is 2.46. The van der Waals surface area contributed by atoms with Gasteiger partial charge in [0, 0.05) is 24.7 Å². The van der Waals surface area contributed by atoms with E-state index >= 15 is 0 Å². The third kappa shape index (κ3) is 2.37. The summed E-state index contributed by atoms with van der Waals surface area (Å²) >= 11 is 1.47. The number of nitrogens with zero attached hydrogens (tertiary/aromatic N) is 3. The second kappa shape index (κ2) is 5.52. The topological polar surface area (TPSA) is 86.9 Å². The molecule has 2 aromatic heterocycles. The summed E-state index contributed by atoms with van der Waals surface area (Å²) < 4.78 is 1.75. The van der Waals surface area contributed by atoms with E-state index in [1.807, 2.05) is 11.6 Å². The van der Waals surface area contributed by atoms with Gasteiger partial charge in [-0.1, -0.05) is 6.42 Å². The average molecular weight is 334 g/mol. The summed E-state index contributed by atoms with van der Waals surface area (Å²) in [7, 11) is 0. The molecule has 2 fully saturated rings. The molecule has 1 aliphatic heterocycles. The number of aromatic nitrogens is 2. The van der Waals surface area contributed by atoms with Crippen molar-refractivity contribution in [2.75, 3.05) is 13.1 Å². The molecule has 0 bridgehead atoms. The first-order valence-electron chi connectivity index (χ1n) is 7.83. The molecule has 2 aliphatic rings. The van der Waals surface area contributed by atoms with Crippen LogP contribution in [0.1, 0.15) is 29.8 Å². The molecule has 4 rings (SSSR count). The van der Waals surface area contributed by atoms with Crippen LogP contribution in [0.2, 0.25) is 0 Å². The number of hydrogen-bond donors (Lipinski definition) is 2. The Morgan fingerprint density at radius 2 is 2.30 bits per heavy atom. The Balaban J connectivity index is 1.48. The number of hydrogen-bond acceptors (Lipinski definition) is 4. The molecule has 3 atom stereocenters. The van der Waals surface area contributed by atoms with E-state index in [1.54, 1.807) is 10.6 Å². The van der Waals surface area contributed by atoms with Gasteiger partial charge in [-0.3, -0.25) is 9.20 Å². The fourth-order valence-electron chi connectivity index (χ4n) is 4.08. The van der Waals surface area contributed by atoms with Crippen LogP contribution < -0.4 is 5.32 Å². The van der Waals surface area contributed by atoms with Crippen LogP contribution in [0.25, 0.3) is 4.96 Å². The lowest BCUT2D eigenvalue weighted by Crippen LogP contribution is -2.45. The van der Waals surface area contributed by atoms with Crippen LogP contribution in [0.3, 0.4) is 0 Å². The zero-order valence-electron chi connectivity index (χ0n) is 12.5. The summed E-state index contributed by atoms with van der Waals surface area (Å²) in [5, 5.41) is 14.2. The first kappa shape index (κ1) is 14.5. The molecule has 3 heterocycles. The molecule has 2 N–H and O–H groups in total. The molecule has 0 unspecified atom stereocenters. The SMILES string of the molecule is O=C(NC[C@@H]1[C@H]2CCC[C@H]2CN1C(=O)O)c1cnc2sccn12. The van der Waals surface area contributed by atoms with E-state index in [4.69, 9.17) is 0 Å². The number of likely N-dealkylation sites (tertiary alicyclic amines) is 1. The van der Waals surface area contributed by atoms with Crippen molar-refractivity contribution in [3.8, 4) is 0 Å². The highest BCUT2D eigenvalue weighted by atomic mass is 32.1. The molecule has 2 aromatic rings. The monoisotopic (exact) mass is 334 g/mol. The molecule has 23 heavy (non-hydrogen) atoms. The van der Waals surface area contributed by atoms with Gasteiger partial charge in [0.05, 0.1) is 12.2 Å². The van der Waals surface area contributed by atoms with Gasteiger partial charge in [0.25, 0.3) is 5.91 Å². The second-order valence-corrected chi connectivity index (χ2v) is 7.14. The third-order valence-electron chi connectivity index (χ3n) is 5.14. The highest BCUT2D eigenvalue weighted by molar-refractivity contribution is 7.15. The molecule has 122 valence electrons. The van der Waals surface area contributed by atoms with Gasteiger partial charge >= 0.3 is 6.09 Å². The summed E-state index contributed by atoms with van der Waals surface area (Å²) in [6.45, 7) is 0.964.